The summed E-state index contributed by atoms with van der Waals surface area (Å²) in [5.74, 6) is -0.538. The van der Waals surface area contributed by atoms with Gasteiger partial charge in [0.1, 0.15) is 6.33 Å². The lowest BCUT2D eigenvalue weighted by Crippen LogP contribution is -2.30. The predicted octanol–water partition coefficient (Wildman–Crippen LogP) is 2.50. The average Bonchev–Trinajstić information content (AvgIpc) is 3.03. The third-order valence-electron chi connectivity index (χ3n) is 4.74. The Morgan fingerprint density at radius 3 is 2.40 bits per heavy atom. The first kappa shape index (κ1) is 17.1. The van der Waals surface area contributed by atoms with Gasteiger partial charge in [0, 0.05) is 13.1 Å². The molecule has 1 aliphatic heterocycles. The van der Waals surface area contributed by atoms with Crippen LogP contribution in [0.1, 0.15) is 44.1 Å². The standard InChI is InChI=1S/C19H21N3O3/c1-12-17(13(2)21-11-20-12)18(23)22-8-7-15(10-22)9-14-3-5-16(6-4-14)19(24)25/h3-6,11,15H,7-10H2,1-2H3,(H,24,25). The van der Waals surface area contributed by atoms with E-state index >= 15 is 0 Å². The lowest BCUT2D eigenvalue weighted by Gasteiger charge is -2.18. The lowest BCUT2D eigenvalue weighted by atomic mass is 9.98. The van der Waals surface area contributed by atoms with Crippen LogP contribution in [0.2, 0.25) is 0 Å². The summed E-state index contributed by atoms with van der Waals surface area (Å²) in [5, 5.41) is 8.95. The first-order valence-corrected chi connectivity index (χ1v) is 8.35. The molecule has 1 atom stereocenters. The Balaban J connectivity index is 1.65. The number of hydrogen-bond acceptors (Lipinski definition) is 4. The monoisotopic (exact) mass is 339 g/mol. The van der Waals surface area contributed by atoms with E-state index in [-0.39, 0.29) is 5.91 Å². The molecular weight excluding hydrogens is 318 g/mol. The van der Waals surface area contributed by atoms with E-state index in [1.165, 1.54) is 6.33 Å². The van der Waals surface area contributed by atoms with Gasteiger partial charge in [-0.1, -0.05) is 12.1 Å². The minimum atomic E-state index is -0.917. The van der Waals surface area contributed by atoms with Crippen LogP contribution in [0.4, 0.5) is 0 Å². The van der Waals surface area contributed by atoms with Crippen molar-refractivity contribution >= 4 is 11.9 Å². The van der Waals surface area contributed by atoms with E-state index in [4.69, 9.17) is 5.11 Å². The van der Waals surface area contributed by atoms with Crippen molar-refractivity contribution in [1.82, 2.24) is 14.9 Å². The molecule has 2 aromatic rings. The second-order valence-electron chi connectivity index (χ2n) is 6.53. The minimum Gasteiger partial charge on any atom is -0.478 e. The van der Waals surface area contributed by atoms with E-state index in [1.54, 1.807) is 12.1 Å². The molecule has 1 unspecified atom stereocenters. The highest BCUT2D eigenvalue weighted by molar-refractivity contribution is 5.96. The number of benzene rings is 1. The van der Waals surface area contributed by atoms with Crippen molar-refractivity contribution in [2.24, 2.45) is 5.92 Å². The van der Waals surface area contributed by atoms with Gasteiger partial charge in [-0.2, -0.15) is 0 Å². The van der Waals surface area contributed by atoms with Gasteiger partial charge in [0.05, 0.1) is 22.5 Å². The maximum absolute atomic E-state index is 12.8. The van der Waals surface area contributed by atoms with Gasteiger partial charge in [-0.25, -0.2) is 14.8 Å². The molecule has 1 N–H and O–H groups in total. The normalized spacial score (nSPS) is 16.9. The van der Waals surface area contributed by atoms with Crippen LogP contribution in [0.3, 0.4) is 0 Å². The quantitative estimate of drug-likeness (QED) is 0.925. The van der Waals surface area contributed by atoms with E-state index in [2.05, 4.69) is 9.97 Å². The second-order valence-corrected chi connectivity index (χ2v) is 6.53. The molecule has 0 aliphatic carbocycles. The Morgan fingerprint density at radius 2 is 1.80 bits per heavy atom. The van der Waals surface area contributed by atoms with Crippen LogP contribution in [0.15, 0.2) is 30.6 Å². The summed E-state index contributed by atoms with van der Waals surface area (Å²) >= 11 is 0. The zero-order valence-corrected chi connectivity index (χ0v) is 14.4. The summed E-state index contributed by atoms with van der Waals surface area (Å²) in [5.41, 5.74) is 3.42. The number of likely N-dealkylation sites (tertiary alicyclic amines) is 1. The maximum atomic E-state index is 12.8. The molecule has 1 fully saturated rings. The third-order valence-corrected chi connectivity index (χ3v) is 4.74. The fraction of sp³-hybridized carbons (Fsp3) is 0.368. The van der Waals surface area contributed by atoms with E-state index in [0.717, 1.165) is 24.9 Å². The molecule has 25 heavy (non-hydrogen) atoms. The van der Waals surface area contributed by atoms with Gasteiger partial charge in [-0.15, -0.1) is 0 Å². The van der Waals surface area contributed by atoms with Crippen LogP contribution in [-0.2, 0) is 6.42 Å². The van der Waals surface area contributed by atoms with Crippen LogP contribution in [0.25, 0.3) is 0 Å². The highest BCUT2D eigenvalue weighted by Gasteiger charge is 2.29. The molecule has 1 saturated heterocycles. The van der Waals surface area contributed by atoms with Gasteiger partial charge in [0.15, 0.2) is 0 Å². The second kappa shape index (κ2) is 7.01. The van der Waals surface area contributed by atoms with E-state index in [9.17, 15) is 9.59 Å². The van der Waals surface area contributed by atoms with Gasteiger partial charge in [-0.05, 0) is 50.3 Å². The molecule has 2 heterocycles. The van der Waals surface area contributed by atoms with Crippen LogP contribution >= 0.6 is 0 Å². The summed E-state index contributed by atoms with van der Waals surface area (Å²) in [7, 11) is 0. The van der Waals surface area contributed by atoms with Crippen molar-refractivity contribution in [2.45, 2.75) is 26.7 Å². The van der Waals surface area contributed by atoms with Crippen molar-refractivity contribution in [3.8, 4) is 0 Å². The fourth-order valence-corrected chi connectivity index (χ4v) is 3.36. The van der Waals surface area contributed by atoms with Gasteiger partial charge >= 0.3 is 5.97 Å². The number of carbonyl (C=O) groups is 2. The van der Waals surface area contributed by atoms with Crippen molar-refractivity contribution in [1.29, 1.82) is 0 Å². The van der Waals surface area contributed by atoms with Gasteiger partial charge in [-0.3, -0.25) is 4.79 Å². The average molecular weight is 339 g/mol. The lowest BCUT2D eigenvalue weighted by molar-refractivity contribution is 0.0696. The summed E-state index contributed by atoms with van der Waals surface area (Å²) < 4.78 is 0. The highest BCUT2D eigenvalue weighted by Crippen LogP contribution is 2.24. The SMILES string of the molecule is Cc1ncnc(C)c1C(=O)N1CCC(Cc2ccc(C(=O)O)cc2)C1. The molecule has 6 heteroatoms. The molecule has 0 radical (unpaired) electrons. The van der Waals surface area contributed by atoms with Crippen molar-refractivity contribution < 1.29 is 14.7 Å². The topological polar surface area (TPSA) is 83.4 Å². The molecule has 1 aliphatic rings. The molecular formula is C19H21N3O3. The number of hydrogen-bond donors (Lipinski definition) is 1. The zero-order chi connectivity index (χ0) is 18.0. The number of aromatic carboxylic acids is 1. The van der Waals surface area contributed by atoms with E-state index < -0.39 is 5.97 Å². The number of aryl methyl sites for hydroxylation is 2. The molecule has 3 rings (SSSR count). The Labute approximate surface area is 146 Å². The largest absolute Gasteiger partial charge is 0.478 e. The number of aromatic nitrogens is 2. The number of carboxylic acid groups (broad SMARTS) is 1. The molecule has 0 saturated carbocycles. The third kappa shape index (κ3) is 3.68. The molecule has 130 valence electrons. The molecule has 1 amide bonds. The molecule has 6 nitrogen and oxygen atoms in total. The van der Waals surface area contributed by atoms with Crippen LogP contribution in [0.5, 0.6) is 0 Å². The summed E-state index contributed by atoms with van der Waals surface area (Å²) in [6.45, 7) is 5.09. The summed E-state index contributed by atoms with van der Waals surface area (Å²) in [6.07, 6.45) is 3.26. The summed E-state index contributed by atoms with van der Waals surface area (Å²) in [4.78, 5) is 33.8. The smallest absolute Gasteiger partial charge is 0.335 e. The number of carboxylic acids is 1. The van der Waals surface area contributed by atoms with Crippen molar-refractivity contribution in [2.75, 3.05) is 13.1 Å². The number of nitrogens with zero attached hydrogens (tertiary/aromatic N) is 3. The van der Waals surface area contributed by atoms with Crippen molar-refractivity contribution in [3.63, 3.8) is 0 Å². The van der Waals surface area contributed by atoms with Crippen LogP contribution in [-0.4, -0.2) is 44.9 Å². The molecule has 0 bridgehead atoms. The summed E-state index contributed by atoms with van der Waals surface area (Å²) in [6, 6.07) is 6.97. The molecule has 1 aromatic heterocycles. The fourth-order valence-electron chi connectivity index (χ4n) is 3.36. The Bertz CT molecular complexity index is 782. The predicted molar refractivity (Wildman–Crippen MR) is 92.6 cm³/mol. The van der Waals surface area contributed by atoms with E-state index in [0.29, 0.717) is 35.0 Å². The number of rotatable bonds is 4. The Hall–Kier alpha value is -2.76. The van der Waals surface area contributed by atoms with Gasteiger partial charge in [0.25, 0.3) is 5.91 Å². The Kier molecular flexibility index (Phi) is 4.79. The van der Waals surface area contributed by atoms with Gasteiger partial charge < -0.3 is 10.0 Å². The first-order chi connectivity index (χ1) is 12.0. The minimum absolute atomic E-state index is 0.000625. The zero-order valence-electron chi connectivity index (χ0n) is 14.4. The van der Waals surface area contributed by atoms with Crippen LogP contribution < -0.4 is 0 Å². The van der Waals surface area contributed by atoms with Crippen molar-refractivity contribution in [3.05, 3.63) is 58.7 Å². The van der Waals surface area contributed by atoms with Gasteiger partial charge in [0.2, 0.25) is 0 Å². The highest BCUT2D eigenvalue weighted by atomic mass is 16.4. The van der Waals surface area contributed by atoms with Crippen LogP contribution in [0, 0.1) is 19.8 Å². The molecule has 0 spiro atoms. The number of amides is 1. The first-order valence-electron chi connectivity index (χ1n) is 8.35. The molecule has 1 aromatic carbocycles. The Morgan fingerprint density at radius 1 is 1.16 bits per heavy atom. The number of carbonyl (C=O) groups excluding carboxylic acids is 1. The maximum Gasteiger partial charge on any atom is 0.335 e. The van der Waals surface area contributed by atoms with E-state index in [1.807, 2.05) is 30.9 Å².